The fourth-order valence-corrected chi connectivity index (χ4v) is 2.28. The van der Waals surface area contributed by atoms with Crippen molar-refractivity contribution in [2.45, 2.75) is 11.8 Å². The predicted molar refractivity (Wildman–Crippen MR) is 86.5 cm³/mol. The first-order chi connectivity index (χ1) is 10.9. The van der Waals surface area contributed by atoms with Gasteiger partial charge in [-0.25, -0.2) is 4.79 Å². The molecule has 0 atom stereocenters. The molecule has 2 amide bonds. The SMILES string of the molecule is CCOc1ccc(NC(=O)Nc2ccc(S(=O)(=O)O)cc2)cc1. The Kier molecular flexibility index (Phi) is 5.20. The Morgan fingerprint density at radius 1 is 1.00 bits per heavy atom. The number of benzene rings is 2. The van der Waals surface area contributed by atoms with Crippen molar-refractivity contribution in [1.29, 1.82) is 0 Å². The lowest BCUT2D eigenvalue weighted by Crippen LogP contribution is -2.19. The van der Waals surface area contributed by atoms with Crippen LogP contribution >= 0.6 is 0 Å². The van der Waals surface area contributed by atoms with Crippen LogP contribution in [-0.4, -0.2) is 25.6 Å². The van der Waals surface area contributed by atoms with Gasteiger partial charge in [-0.3, -0.25) is 4.55 Å². The summed E-state index contributed by atoms with van der Waals surface area (Å²) in [6.07, 6.45) is 0. The average Bonchev–Trinajstić information content (AvgIpc) is 2.49. The molecule has 0 aliphatic heterocycles. The second kappa shape index (κ2) is 7.12. The van der Waals surface area contributed by atoms with Crippen molar-refractivity contribution < 1.29 is 22.5 Å². The first kappa shape index (κ1) is 16.8. The van der Waals surface area contributed by atoms with E-state index in [0.717, 1.165) is 0 Å². The van der Waals surface area contributed by atoms with Gasteiger partial charge in [-0.1, -0.05) is 0 Å². The van der Waals surface area contributed by atoms with Crippen molar-refractivity contribution in [2.24, 2.45) is 0 Å². The van der Waals surface area contributed by atoms with E-state index in [0.29, 0.717) is 23.7 Å². The molecular formula is C15H16N2O5S. The minimum absolute atomic E-state index is 0.241. The van der Waals surface area contributed by atoms with Gasteiger partial charge in [0.2, 0.25) is 0 Å². The molecule has 7 nitrogen and oxygen atoms in total. The van der Waals surface area contributed by atoms with Crippen molar-refractivity contribution in [1.82, 2.24) is 0 Å². The second-order valence-electron chi connectivity index (χ2n) is 4.54. The fourth-order valence-electron chi connectivity index (χ4n) is 1.80. The molecule has 0 fully saturated rings. The van der Waals surface area contributed by atoms with Crippen molar-refractivity contribution in [3.63, 3.8) is 0 Å². The predicted octanol–water partition coefficient (Wildman–Crippen LogP) is 2.98. The summed E-state index contributed by atoms with van der Waals surface area (Å²) in [7, 11) is -4.25. The molecule has 3 N–H and O–H groups in total. The maximum atomic E-state index is 11.9. The van der Waals surface area contributed by atoms with Crippen LogP contribution in [0.4, 0.5) is 16.2 Å². The summed E-state index contributed by atoms with van der Waals surface area (Å²) >= 11 is 0. The molecular weight excluding hydrogens is 320 g/mol. The number of anilines is 2. The minimum Gasteiger partial charge on any atom is -0.494 e. The molecule has 0 saturated heterocycles. The fraction of sp³-hybridized carbons (Fsp3) is 0.133. The Bertz CT molecular complexity index is 771. The third-order valence-electron chi connectivity index (χ3n) is 2.83. The number of urea groups is 1. The maximum Gasteiger partial charge on any atom is 0.323 e. The number of nitrogens with one attached hydrogen (secondary N) is 2. The quantitative estimate of drug-likeness (QED) is 0.728. The number of carbonyl (C=O) groups is 1. The Morgan fingerprint density at radius 3 is 1.91 bits per heavy atom. The number of carbonyl (C=O) groups excluding carboxylic acids is 1. The van der Waals surface area contributed by atoms with E-state index in [4.69, 9.17) is 9.29 Å². The summed E-state index contributed by atoms with van der Waals surface area (Å²) < 4.78 is 36.0. The highest BCUT2D eigenvalue weighted by molar-refractivity contribution is 7.85. The number of hydrogen-bond acceptors (Lipinski definition) is 4. The van der Waals surface area contributed by atoms with Crippen molar-refractivity contribution in [3.8, 4) is 5.75 Å². The zero-order valence-electron chi connectivity index (χ0n) is 12.3. The number of hydrogen-bond donors (Lipinski definition) is 3. The summed E-state index contributed by atoms with van der Waals surface area (Å²) in [5.41, 5.74) is 0.973. The third-order valence-corrected chi connectivity index (χ3v) is 3.70. The van der Waals surface area contributed by atoms with Gasteiger partial charge < -0.3 is 15.4 Å². The summed E-state index contributed by atoms with van der Waals surface area (Å²) in [4.78, 5) is 11.6. The van der Waals surface area contributed by atoms with Gasteiger partial charge in [-0.15, -0.1) is 0 Å². The molecule has 2 aromatic rings. The monoisotopic (exact) mass is 336 g/mol. The summed E-state index contributed by atoms with van der Waals surface area (Å²) in [6, 6.07) is 11.5. The molecule has 122 valence electrons. The third kappa shape index (κ3) is 4.97. The number of amides is 2. The van der Waals surface area contributed by atoms with E-state index in [-0.39, 0.29) is 4.90 Å². The van der Waals surface area contributed by atoms with Gasteiger partial charge in [0.15, 0.2) is 0 Å². The standard InChI is InChI=1S/C15H16N2O5S/c1-2-22-13-7-3-11(4-8-13)16-15(18)17-12-5-9-14(10-6-12)23(19,20)21/h3-10H,2H2,1H3,(H2,16,17,18)(H,19,20,21). The van der Waals surface area contributed by atoms with Gasteiger partial charge >= 0.3 is 6.03 Å². The van der Waals surface area contributed by atoms with Crippen LogP contribution in [0.15, 0.2) is 53.4 Å². The van der Waals surface area contributed by atoms with Crippen LogP contribution in [0.25, 0.3) is 0 Å². The van der Waals surface area contributed by atoms with Gasteiger partial charge in [0.1, 0.15) is 5.75 Å². The van der Waals surface area contributed by atoms with Gasteiger partial charge in [0.05, 0.1) is 11.5 Å². The zero-order chi connectivity index (χ0) is 16.9. The van der Waals surface area contributed by atoms with Crippen LogP contribution in [-0.2, 0) is 10.1 Å². The minimum atomic E-state index is -4.25. The molecule has 8 heteroatoms. The zero-order valence-corrected chi connectivity index (χ0v) is 13.1. The number of rotatable bonds is 5. The van der Waals surface area contributed by atoms with Gasteiger partial charge in [0, 0.05) is 11.4 Å². The van der Waals surface area contributed by atoms with E-state index < -0.39 is 16.1 Å². The largest absolute Gasteiger partial charge is 0.494 e. The molecule has 0 saturated carbocycles. The van der Waals surface area contributed by atoms with Gasteiger partial charge in [0.25, 0.3) is 10.1 Å². The lowest BCUT2D eigenvalue weighted by Gasteiger charge is -2.09. The molecule has 0 bridgehead atoms. The van der Waals surface area contributed by atoms with E-state index in [1.54, 1.807) is 24.3 Å². The van der Waals surface area contributed by atoms with Crippen LogP contribution in [0.5, 0.6) is 5.75 Å². The Balaban J connectivity index is 1.96. The van der Waals surface area contributed by atoms with E-state index in [2.05, 4.69) is 10.6 Å². The normalized spacial score (nSPS) is 10.9. The topological polar surface area (TPSA) is 105 Å². The summed E-state index contributed by atoms with van der Waals surface area (Å²) in [5, 5.41) is 5.18. The maximum absolute atomic E-state index is 11.9. The number of ether oxygens (including phenoxy) is 1. The van der Waals surface area contributed by atoms with Gasteiger partial charge in [-0.05, 0) is 55.5 Å². The van der Waals surface area contributed by atoms with E-state index in [1.165, 1.54) is 24.3 Å². The summed E-state index contributed by atoms with van der Waals surface area (Å²) in [6.45, 7) is 2.44. The molecule has 2 aromatic carbocycles. The Morgan fingerprint density at radius 2 is 1.48 bits per heavy atom. The van der Waals surface area contributed by atoms with Crippen LogP contribution in [0.3, 0.4) is 0 Å². The van der Waals surface area contributed by atoms with Crippen LogP contribution in [0.1, 0.15) is 6.92 Å². The molecule has 0 aromatic heterocycles. The molecule has 0 spiro atoms. The second-order valence-corrected chi connectivity index (χ2v) is 5.96. The molecule has 0 heterocycles. The van der Waals surface area contributed by atoms with Crippen molar-refractivity contribution >= 4 is 27.5 Å². The lowest BCUT2D eigenvalue weighted by atomic mass is 10.3. The molecule has 0 aliphatic rings. The molecule has 0 radical (unpaired) electrons. The summed E-state index contributed by atoms with van der Waals surface area (Å²) in [5.74, 6) is 0.708. The molecule has 0 unspecified atom stereocenters. The average molecular weight is 336 g/mol. The Hall–Kier alpha value is -2.58. The van der Waals surface area contributed by atoms with E-state index in [1.807, 2.05) is 6.92 Å². The van der Waals surface area contributed by atoms with Gasteiger partial charge in [-0.2, -0.15) is 8.42 Å². The van der Waals surface area contributed by atoms with Crippen molar-refractivity contribution in [3.05, 3.63) is 48.5 Å². The van der Waals surface area contributed by atoms with E-state index in [9.17, 15) is 13.2 Å². The highest BCUT2D eigenvalue weighted by Crippen LogP contribution is 2.17. The van der Waals surface area contributed by atoms with Crippen LogP contribution in [0.2, 0.25) is 0 Å². The molecule has 0 aliphatic carbocycles. The Labute approximate surface area is 134 Å². The van der Waals surface area contributed by atoms with Crippen LogP contribution < -0.4 is 15.4 Å². The first-order valence-electron chi connectivity index (χ1n) is 6.77. The smallest absolute Gasteiger partial charge is 0.323 e. The van der Waals surface area contributed by atoms with E-state index >= 15 is 0 Å². The molecule has 23 heavy (non-hydrogen) atoms. The van der Waals surface area contributed by atoms with Crippen LogP contribution in [0, 0.1) is 0 Å². The highest BCUT2D eigenvalue weighted by atomic mass is 32.2. The molecule has 2 rings (SSSR count). The first-order valence-corrected chi connectivity index (χ1v) is 8.21. The highest BCUT2D eigenvalue weighted by Gasteiger charge is 2.09. The van der Waals surface area contributed by atoms with Crippen molar-refractivity contribution in [2.75, 3.05) is 17.2 Å². The lowest BCUT2D eigenvalue weighted by molar-refractivity contribution is 0.262.